The van der Waals surface area contributed by atoms with E-state index in [2.05, 4.69) is 33.4 Å². The summed E-state index contributed by atoms with van der Waals surface area (Å²) in [4.78, 5) is 20.3. The average Bonchev–Trinajstić information content (AvgIpc) is 3.47. The van der Waals surface area contributed by atoms with Gasteiger partial charge in [0.15, 0.2) is 17.3 Å². The maximum Gasteiger partial charge on any atom is 0.228 e. The number of nitrogens with one attached hydrogen (secondary N) is 2. The third-order valence-corrected chi connectivity index (χ3v) is 6.93. The third kappa shape index (κ3) is 3.21. The van der Waals surface area contributed by atoms with Crippen molar-refractivity contribution in [2.45, 2.75) is 50.5 Å². The maximum absolute atomic E-state index is 13.0. The maximum atomic E-state index is 13.0. The van der Waals surface area contributed by atoms with E-state index in [4.69, 9.17) is 20.6 Å². The number of carbonyl (C=O) groups is 1. The highest BCUT2D eigenvalue weighted by Crippen LogP contribution is 2.45. The lowest BCUT2D eigenvalue weighted by molar-refractivity contribution is -0.124. The van der Waals surface area contributed by atoms with Gasteiger partial charge >= 0.3 is 0 Å². The molecule has 1 amide bonds. The molecule has 3 aromatic rings. The van der Waals surface area contributed by atoms with Crippen LogP contribution in [0, 0.1) is 0 Å². The van der Waals surface area contributed by atoms with Crippen molar-refractivity contribution in [1.82, 2.24) is 25.0 Å². The van der Waals surface area contributed by atoms with E-state index < -0.39 is 5.41 Å². The quantitative estimate of drug-likeness (QED) is 0.557. The first-order valence-electron chi connectivity index (χ1n) is 11.3. The van der Waals surface area contributed by atoms with Crippen LogP contribution in [-0.2, 0) is 14.9 Å². The summed E-state index contributed by atoms with van der Waals surface area (Å²) in [7, 11) is 1.83. The van der Waals surface area contributed by atoms with Crippen molar-refractivity contribution in [2.24, 2.45) is 5.73 Å². The summed E-state index contributed by atoms with van der Waals surface area (Å²) in [5.41, 5.74) is 6.97. The number of pyridine rings is 1. The molecule has 4 N–H and O–H groups in total. The molecule has 0 radical (unpaired) electrons. The van der Waals surface area contributed by atoms with Gasteiger partial charge < -0.3 is 20.7 Å². The normalized spacial score (nSPS) is 21.1. The monoisotopic (exact) mass is 438 g/mol. The number of carbonyl (C=O) groups excluding carboxylic acids is 1. The summed E-state index contributed by atoms with van der Waals surface area (Å²) in [6.07, 6.45) is 6.21. The Morgan fingerprint density at radius 2 is 2.16 bits per heavy atom. The highest BCUT2D eigenvalue weighted by atomic mass is 16.5. The Balaban J connectivity index is 1.82. The Bertz CT molecular complexity index is 1120. The smallest absolute Gasteiger partial charge is 0.228 e. The number of rotatable bonds is 5. The molecule has 1 unspecified atom stereocenters. The van der Waals surface area contributed by atoms with Gasteiger partial charge in [-0.2, -0.15) is 9.78 Å². The number of H-pyrrole nitrogens is 1. The molecule has 10 heteroatoms. The Kier molecular flexibility index (Phi) is 5.24. The van der Waals surface area contributed by atoms with Crippen LogP contribution >= 0.6 is 0 Å². The van der Waals surface area contributed by atoms with Gasteiger partial charge in [0.25, 0.3) is 0 Å². The number of morpholine rings is 1. The summed E-state index contributed by atoms with van der Waals surface area (Å²) in [5.74, 6) is 1.92. The number of fused-ring (bicyclic) bond motifs is 1. The molecule has 1 aliphatic carbocycles. The molecule has 10 nitrogen and oxygen atoms in total. The first-order valence-corrected chi connectivity index (χ1v) is 11.3. The van der Waals surface area contributed by atoms with Gasteiger partial charge in [0.2, 0.25) is 5.91 Å². The van der Waals surface area contributed by atoms with Gasteiger partial charge in [-0.3, -0.25) is 9.89 Å². The highest BCUT2D eigenvalue weighted by molar-refractivity contribution is 5.99. The van der Waals surface area contributed by atoms with Gasteiger partial charge in [-0.1, -0.05) is 19.3 Å². The molecule has 0 spiro atoms. The number of aromatic amines is 1. The average molecular weight is 439 g/mol. The van der Waals surface area contributed by atoms with Crippen molar-refractivity contribution in [1.29, 1.82) is 0 Å². The van der Waals surface area contributed by atoms with E-state index in [1.165, 1.54) is 0 Å². The van der Waals surface area contributed by atoms with Crippen LogP contribution in [0.5, 0.6) is 0 Å². The Labute approximate surface area is 186 Å². The van der Waals surface area contributed by atoms with Crippen LogP contribution in [0.2, 0.25) is 0 Å². The molecule has 170 valence electrons. The number of nitrogens with zero attached hydrogens (tertiary/aromatic N) is 5. The number of anilines is 2. The second-order valence-corrected chi connectivity index (χ2v) is 8.80. The minimum atomic E-state index is -0.739. The summed E-state index contributed by atoms with van der Waals surface area (Å²) in [5, 5.41) is 15.9. The molecule has 3 aromatic heterocycles. The molecule has 0 bridgehead atoms. The number of amides is 1. The van der Waals surface area contributed by atoms with E-state index in [9.17, 15) is 4.79 Å². The van der Waals surface area contributed by atoms with E-state index in [1.54, 1.807) is 10.9 Å². The number of hydrogen-bond acceptors (Lipinski definition) is 7. The van der Waals surface area contributed by atoms with Gasteiger partial charge in [-0.05, 0) is 31.4 Å². The molecule has 1 aliphatic heterocycles. The van der Waals surface area contributed by atoms with Crippen molar-refractivity contribution in [3.63, 3.8) is 0 Å². The Morgan fingerprint density at radius 1 is 1.34 bits per heavy atom. The van der Waals surface area contributed by atoms with Crippen molar-refractivity contribution in [3.05, 3.63) is 23.9 Å². The highest BCUT2D eigenvalue weighted by Gasteiger charge is 2.43. The molecular formula is C22H30N8O2. The summed E-state index contributed by atoms with van der Waals surface area (Å²) in [6, 6.07) is 4.09. The first kappa shape index (κ1) is 20.7. The molecule has 1 saturated heterocycles. The fraction of sp³-hybridized carbons (Fsp3) is 0.545. The molecule has 0 aromatic carbocycles. The lowest BCUT2D eigenvalue weighted by Gasteiger charge is -2.38. The molecule has 5 rings (SSSR count). The summed E-state index contributed by atoms with van der Waals surface area (Å²) in [6.45, 7) is 4.14. The van der Waals surface area contributed by atoms with Crippen LogP contribution in [0.1, 0.15) is 44.6 Å². The Morgan fingerprint density at radius 3 is 2.81 bits per heavy atom. The molecule has 32 heavy (non-hydrogen) atoms. The van der Waals surface area contributed by atoms with Crippen LogP contribution in [0.25, 0.3) is 16.9 Å². The zero-order valence-corrected chi connectivity index (χ0v) is 18.6. The number of primary amides is 1. The largest absolute Gasteiger partial charge is 0.377 e. The lowest BCUT2D eigenvalue weighted by Crippen LogP contribution is -2.45. The van der Waals surface area contributed by atoms with Crippen molar-refractivity contribution < 1.29 is 9.53 Å². The molecule has 1 atom stereocenters. The van der Waals surface area contributed by atoms with Crippen LogP contribution in [0.15, 0.2) is 18.3 Å². The SMILES string of the molecule is CNc1nn(-c2ccn[nH]2)c2nc(N3CCOCC3C)cc(C3(C(N)=O)CCCCC3)c12. The summed E-state index contributed by atoms with van der Waals surface area (Å²) >= 11 is 0. The van der Waals surface area contributed by atoms with Crippen molar-refractivity contribution in [2.75, 3.05) is 37.0 Å². The Hall–Kier alpha value is -3.14. The second kappa shape index (κ2) is 8.09. The molecule has 1 saturated carbocycles. The third-order valence-electron chi connectivity index (χ3n) is 6.93. The molecular weight excluding hydrogens is 408 g/mol. The zero-order chi connectivity index (χ0) is 22.3. The van der Waals surface area contributed by atoms with E-state index in [1.807, 2.05) is 13.1 Å². The predicted molar refractivity (Wildman–Crippen MR) is 122 cm³/mol. The lowest BCUT2D eigenvalue weighted by atomic mass is 9.68. The molecule has 2 aliphatic rings. The minimum absolute atomic E-state index is 0.171. The van der Waals surface area contributed by atoms with Crippen molar-refractivity contribution >= 4 is 28.6 Å². The fourth-order valence-corrected chi connectivity index (χ4v) is 5.21. The topological polar surface area (TPSA) is 127 Å². The molecule has 2 fully saturated rings. The fourth-order valence-electron chi connectivity index (χ4n) is 5.21. The first-order chi connectivity index (χ1) is 15.5. The van der Waals surface area contributed by atoms with Gasteiger partial charge in [0.1, 0.15) is 5.82 Å². The second-order valence-electron chi connectivity index (χ2n) is 8.80. The van der Waals surface area contributed by atoms with Crippen LogP contribution in [-0.4, -0.2) is 63.7 Å². The number of hydrogen-bond donors (Lipinski definition) is 3. The van der Waals surface area contributed by atoms with Crippen LogP contribution < -0.4 is 16.0 Å². The predicted octanol–water partition coefficient (Wildman–Crippen LogP) is 2.10. The standard InChI is InChI=1S/C22H30N8O2/c1-14-13-32-11-10-29(14)17-12-15(22(21(23)31)7-4-3-5-8-22)18-19(24-2)28-30(20(18)26-17)16-6-9-25-27-16/h6,9,12,14H,3-5,7-8,10-11,13H2,1-2H3,(H2,23,31)(H,24,28)(H,25,27). The van der Waals surface area contributed by atoms with Crippen molar-refractivity contribution in [3.8, 4) is 5.82 Å². The number of nitrogens with two attached hydrogens (primary N) is 1. The number of aromatic nitrogens is 5. The van der Waals surface area contributed by atoms with Gasteiger partial charge in [0.05, 0.1) is 36.3 Å². The van der Waals surface area contributed by atoms with Gasteiger partial charge in [0, 0.05) is 19.7 Å². The zero-order valence-electron chi connectivity index (χ0n) is 18.6. The number of ether oxygens (including phenoxy) is 1. The van der Waals surface area contributed by atoms with Crippen LogP contribution in [0.3, 0.4) is 0 Å². The molecule has 4 heterocycles. The van der Waals surface area contributed by atoms with E-state index in [-0.39, 0.29) is 11.9 Å². The summed E-state index contributed by atoms with van der Waals surface area (Å²) < 4.78 is 7.40. The van der Waals surface area contributed by atoms with Gasteiger partial charge in [-0.15, -0.1) is 5.10 Å². The van der Waals surface area contributed by atoms with Crippen LogP contribution in [0.4, 0.5) is 11.6 Å². The van der Waals surface area contributed by atoms with Gasteiger partial charge in [-0.25, -0.2) is 4.98 Å². The van der Waals surface area contributed by atoms with E-state index in [0.29, 0.717) is 30.5 Å². The van der Waals surface area contributed by atoms with E-state index >= 15 is 0 Å². The minimum Gasteiger partial charge on any atom is -0.377 e. The van der Waals surface area contributed by atoms with E-state index in [0.717, 1.165) is 55.4 Å².